The monoisotopic (exact) mass is 265 g/mol. The van der Waals surface area contributed by atoms with Gasteiger partial charge in [0, 0.05) is 17.6 Å². The standard InChI is InChI=1S/C16H24FNO/c1-5-6-9-19-12-14-10-13(7-8-15(14)17)11-18-16(2,3)4/h5,7-8,10,18H,1,6,9,11-12H2,2-4H3. The van der Waals surface area contributed by atoms with Crippen molar-refractivity contribution in [2.24, 2.45) is 0 Å². The third-order valence-electron chi connectivity index (χ3n) is 2.66. The molecular formula is C16H24FNO. The molecule has 2 nitrogen and oxygen atoms in total. The molecule has 0 heterocycles. The van der Waals surface area contributed by atoms with E-state index in [2.05, 4.69) is 32.7 Å². The number of halogens is 1. The predicted molar refractivity (Wildman–Crippen MR) is 77.5 cm³/mol. The summed E-state index contributed by atoms with van der Waals surface area (Å²) in [5.41, 5.74) is 1.73. The number of hydrogen-bond acceptors (Lipinski definition) is 2. The van der Waals surface area contributed by atoms with E-state index in [1.165, 1.54) is 6.07 Å². The Hall–Kier alpha value is -1.19. The summed E-state index contributed by atoms with van der Waals surface area (Å²) in [4.78, 5) is 0. The highest BCUT2D eigenvalue weighted by Crippen LogP contribution is 2.13. The minimum atomic E-state index is -0.210. The van der Waals surface area contributed by atoms with Crippen molar-refractivity contribution in [3.8, 4) is 0 Å². The largest absolute Gasteiger partial charge is 0.376 e. The smallest absolute Gasteiger partial charge is 0.128 e. The molecule has 0 saturated heterocycles. The highest BCUT2D eigenvalue weighted by Gasteiger charge is 2.09. The van der Waals surface area contributed by atoms with Crippen LogP contribution >= 0.6 is 0 Å². The van der Waals surface area contributed by atoms with E-state index in [4.69, 9.17) is 4.74 Å². The van der Waals surface area contributed by atoms with Crippen LogP contribution in [0, 0.1) is 5.82 Å². The fourth-order valence-corrected chi connectivity index (χ4v) is 1.56. The number of rotatable bonds is 7. The molecule has 1 rings (SSSR count). The van der Waals surface area contributed by atoms with Crippen LogP contribution in [0.5, 0.6) is 0 Å². The van der Waals surface area contributed by atoms with E-state index < -0.39 is 0 Å². The summed E-state index contributed by atoms with van der Waals surface area (Å²) >= 11 is 0. The first-order valence-corrected chi connectivity index (χ1v) is 6.63. The molecule has 0 aliphatic heterocycles. The predicted octanol–water partition coefficient (Wildman–Crippen LogP) is 3.81. The molecule has 19 heavy (non-hydrogen) atoms. The molecule has 1 aromatic carbocycles. The van der Waals surface area contributed by atoms with E-state index in [-0.39, 0.29) is 11.4 Å². The maximum atomic E-state index is 13.6. The van der Waals surface area contributed by atoms with Crippen molar-refractivity contribution in [1.82, 2.24) is 5.32 Å². The van der Waals surface area contributed by atoms with Crippen LogP contribution in [0.1, 0.15) is 38.3 Å². The quantitative estimate of drug-likeness (QED) is 0.598. The van der Waals surface area contributed by atoms with Crippen molar-refractivity contribution < 1.29 is 9.13 Å². The van der Waals surface area contributed by atoms with E-state index in [0.29, 0.717) is 18.8 Å². The topological polar surface area (TPSA) is 21.3 Å². The lowest BCUT2D eigenvalue weighted by atomic mass is 10.1. The van der Waals surface area contributed by atoms with Gasteiger partial charge >= 0.3 is 0 Å². The Morgan fingerprint density at radius 1 is 1.37 bits per heavy atom. The molecule has 0 aliphatic carbocycles. The zero-order chi connectivity index (χ0) is 14.3. The van der Waals surface area contributed by atoms with Crippen LogP contribution in [-0.2, 0) is 17.9 Å². The van der Waals surface area contributed by atoms with E-state index in [9.17, 15) is 4.39 Å². The van der Waals surface area contributed by atoms with Gasteiger partial charge in [0.05, 0.1) is 13.2 Å². The van der Waals surface area contributed by atoms with Gasteiger partial charge in [-0.25, -0.2) is 4.39 Å². The normalized spacial score (nSPS) is 11.6. The maximum Gasteiger partial charge on any atom is 0.128 e. The van der Waals surface area contributed by atoms with Crippen molar-refractivity contribution in [3.63, 3.8) is 0 Å². The third kappa shape index (κ3) is 6.50. The number of nitrogens with one attached hydrogen (secondary N) is 1. The summed E-state index contributed by atoms with van der Waals surface area (Å²) in [6.07, 6.45) is 2.58. The van der Waals surface area contributed by atoms with Crippen LogP contribution in [0.15, 0.2) is 30.9 Å². The summed E-state index contributed by atoms with van der Waals surface area (Å²) in [6, 6.07) is 5.18. The van der Waals surface area contributed by atoms with Gasteiger partial charge in [0.2, 0.25) is 0 Å². The van der Waals surface area contributed by atoms with E-state index in [1.54, 1.807) is 12.1 Å². The van der Waals surface area contributed by atoms with Crippen LogP contribution < -0.4 is 5.32 Å². The van der Waals surface area contributed by atoms with Gasteiger partial charge < -0.3 is 10.1 Å². The van der Waals surface area contributed by atoms with Gasteiger partial charge in [0.25, 0.3) is 0 Å². The lowest BCUT2D eigenvalue weighted by Crippen LogP contribution is -2.35. The Morgan fingerprint density at radius 3 is 2.74 bits per heavy atom. The molecule has 0 aliphatic rings. The van der Waals surface area contributed by atoms with Crippen molar-refractivity contribution >= 4 is 0 Å². The molecule has 0 amide bonds. The summed E-state index contributed by atoms with van der Waals surface area (Å²) in [5.74, 6) is -0.210. The number of ether oxygens (including phenoxy) is 1. The van der Waals surface area contributed by atoms with Crippen LogP contribution in [0.25, 0.3) is 0 Å². The molecule has 0 saturated carbocycles. The second-order valence-corrected chi connectivity index (χ2v) is 5.66. The van der Waals surface area contributed by atoms with Crippen LogP contribution in [0.2, 0.25) is 0 Å². The molecule has 0 aromatic heterocycles. The molecule has 0 spiro atoms. The highest BCUT2D eigenvalue weighted by atomic mass is 19.1. The number of hydrogen-bond donors (Lipinski definition) is 1. The molecule has 106 valence electrons. The van der Waals surface area contributed by atoms with Gasteiger partial charge in [-0.15, -0.1) is 6.58 Å². The van der Waals surface area contributed by atoms with Crippen molar-refractivity contribution in [3.05, 3.63) is 47.8 Å². The molecular weight excluding hydrogens is 241 g/mol. The second kappa shape index (κ2) is 7.41. The Morgan fingerprint density at radius 2 is 2.11 bits per heavy atom. The average Bonchev–Trinajstić information content (AvgIpc) is 2.34. The molecule has 0 bridgehead atoms. The average molecular weight is 265 g/mol. The molecule has 0 unspecified atom stereocenters. The Bertz CT molecular complexity index is 410. The number of benzene rings is 1. The molecule has 3 heteroatoms. The highest BCUT2D eigenvalue weighted by molar-refractivity contribution is 5.24. The zero-order valence-corrected chi connectivity index (χ0v) is 12.1. The molecule has 1 aromatic rings. The van der Waals surface area contributed by atoms with Gasteiger partial charge in [-0.1, -0.05) is 12.1 Å². The summed E-state index contributed by atoms with van der Waals surface area (Å²) in [7, 11) is 0. The third-order valence-corrected chi connectivity index (χ3v) is 2.66. The SMILES string of the molecule is C=CCCOCc1cc(CNC(C)(C)C)ccc1F. The Balaban J connectivity index is 2.58. The summed E-state index contributed by atoms with van der Waals surface area (Å²) < 4.78 is 19.0. The van der Waals surface area contributed by atoms with Gasteiger partial charge in [0.15, 0.2) is 0 Å². The fourth-order valence-electron chi connectivity index (χ4n) is 1.56. The first-order valence-electron chi connectivity index (χ1n) is 6.63. The van der Waals surface area contributed by atoms with Crippen molar-refractivity contribution in [1.29, 1.82) is 0 Å². The van der Waals surface area contributed by atoms with Gasteiger partial charge in [-0.2, -0.15) is 0 Å². The first kappa shape index (κ1) is 15.9. The lowest BCUT2D eigenvalue weighted by Gasteiger charge is -2.20. The first-order chi connectivity index (χ1) is 8.92. The minimum Gasteiger partial charge on any atom is -0.376 e. The van der Waals surface area contributed by atoms with Crippen LogP contribution in [0.3, 0.4) is 0 Å². The Kier molecular flexibility index (Phi) is 6.19. The van der Waals surface area contributed by atoms with Gasteiger partial charge in [-0.05, 0) is 44.9 Å². The summed E-state index contributed by atoms with van der Waals surface area (Å²) in [5, 5.41) is 3.38. The van der Waals surface area contributed by atoms with Crippen LogP contribution in [-0.4, -0.2) is 12.1 Å². The van der Waals surface area contributed by atoms with Crippen molar-refractivity contribution in [2.75, 3.05) is 6.61 Å². The van der Waals surface area contributed by atoms with Gasteiger partial charge in [-0.3, -0.25) is 0 Å². The fraction of sp³-hybridized carbons (Fsp3) is 0.500. The lowest BCUT2D eigenvalue weighted by molar-refractivity contribution is 0.123. The zero-order valence-electron chi connectivity index (χ0n) is 12.1. The maximum absolute atomic E-state index is 13.6. The summed E-state index contributed by atoms with van der Waals surface area (Å²) in [6.45, 7) is 11.6. The van der Waals surface area contributed by atoms with Crippen molar-refractivity contribution in [2.45, 2.75) is 45.9 Å². The minimum absolute atomic E-state index is 0.0506. The second-order valence-electron chi connectivity index (χ2n) is 5.66. The molecule has 1 N–H and O–H groups in total. The Labute approximate surface area is 115 Å². The van der Waals surface area contributed by atoms with Gasteiger partial charge in [0.1, 0.15) is 5.82 Å². The molecule has 0 atom stereocenters. The molecule has 0 radical (unpaired) electrons. The van der Waals surface area contributed by atoms with E-state index in [1.807, 2.05) is 6.07 Å². The van der Waals surface area contributed by atoms with E-state index in [0.717, 1.165) is 18.5 Å². The van der Waals surface area contributed by atoms with E-state index >= 15 is 0 Å². The van der Waals surface area contributed by atoms with Crippen LogP contribution in [0.4, 0.5) is 4.39 Å². The molecule has 0 fully saturated rings.